The van der Waals surface area contributed by atoms with Gasteiger partial charge in [-0.3, -0.25) is 14.4 Å². The number of carbonyl (C=O) groups excluding carboxylic acids is 3. The van der Waals surface area contributed by atoms with Crippen molar-refractivity contribution in [3.8, 4) is 0 Å². The third-order valence-corrected chi connectivity index (χ3v) is 11.9. The molecule has 0 aliphatic heterocycles. The molecule has 0 bridgehead atoms. The number of esters is 3. The van der Waals surface area contributed by atoms with E-state index in [1.807, 2.05) is 0 Å². The monoisotopic (exact) mass is 871 g/mol. The highest BCUT2D eigenvalue weighted by Crippen LogP contribution is 2.16. The first-order chi connectivity index (χ1) is 30.5. The molecule has 0 saturated heterocycles. The van der Waals surface area contributed by atoms with Crippen LogP contribution in [0.25, 0.3) is 0 Å². The standard InChI is InChI=1S/C56H102O6/c1-4-7-10-13-16-19-22-24-26-27-28-29-30-32-34-37-40-43-46-49-55(58)61-52-53(51-60-54(57)48-45-42-39-36-33-21-18-15-12-9-6-3)62-56(59)50-47-44-41-38-35-31-25-23-20-17-14-11-8-5-2/h15,18,21,31,33,35,53H,4-14,16-17,19-20,22-30,32,34,36-52H2,1-3H3/b18-15-,33-21-,35-31-. The van der Waals surface area contributed by atoms with Crippen molar-refractivity contribution in [2.75, 3.05) is 13.2 Å². The number of rotatable bonds is 49. The van der Waals surface area contributed by atoms with Crippen molar-refractivity contribution < 1.29 is 28.6 Å². The van der Waals surface area contributed by atoms with Gasteiger partial charge in [-0.05, 0) is 64.2 Å². The summed E-state index contributed by atoms with van der Waals surface area (Å²) < 4.78 is 16.8. The van der Waals surface area contributed by atoms with Gasteiger partial charge in [-0.25, -0.2) is 0 Å². The Kier molecular flexibility index (Phi) is 49.3. The number of hydrogen-bond acceptors (Lipinski definition) is 6. The lowest BCUT2D eigenvalue weighted by molar-refractivity contribution is -0.167. The highest BCUT2D eigenvalue weighted by atomic mass is 16.6. The summed E-state index contributed by atoms with van der Waals surface area (Å²) in [6.45, 7) is 6.57. The lowest BCUT2D eigenvalue weighted by Gasteiger charge is -2.18. The maximum Gasteiger partial charge on any atom is 0.306 e. The fraction of sp³-hybridized carbons (Fsp3) is 0.839. The molecule has 0 aliphatic carbocycles. The van der Waals surface area contributed by atoms with E-state index in [2.05, 4.69) is 57.2 Å². The molecule has 0 N–H and O–H groups in total. The van der Waals surface area contributed by atoms with Gasteiger partial charge >= 0.3 is 17.9 Å². The molecule has 0 aliphatic rings. The van der Waals surface area contributed by atoms with Crippen molar-refractivity contribution in [2.45, 2.75) is 290 Å². The average molecular weight is 871 g/mol. The quantitative estimate of drug-likeness (QED) is 0.0199. The van der Waals surface area contributed by atoms with Crippen LogP contribution in [-0.4, -0.2) is 37.2 Å². The molecule has 0 rings (SSSR count). The molecule has 6 heteroatoms. The summed E-state index contributed by atoms with van der Waals surface area (Å²) in [5, 5.41) is 0. The Hall–Kier alpha value is -2.37. The topological polar surface area (TPSA) is 78.9 Å². The summed E-state index contributed by atoms with van der Waals surface area (Å²) in [5.74, 6) is -0.917. The molecule has 1 atom stereocenters. The van der Waals surface area contributed by atoms with Crippen molar-refractivity contribution in [1.29, 1.82) is 0 Å². The fourth-order valence-electron chi connectivity index (χ4n) is 7.77. The Labute approximate surface area is 385 Å². The first-order valence-electron chi connectivity index (χ1n) is 27.0. The van der Waals surface area contributed by atoms with Gasteiger partial charge in [0.05, 0.1) is 0 Å². The minimum Gasteiger partial charge on any atom is -0.462 e. The summed E-state index contributed by atoms with van der Waals surface area (Å²) in [6, 6.07) is 0. The van der Waals surface area contributed by atoms with Crippen molar-refractivity contribution >= 4 is 17.9 Å². The van der Waals surface area contributed by atoms with Gasteiger partial charge < -0.3 is 14.2 Å². The van der Waals surface area contributed by atoms with Crippen LogP contribution in [0.2, 0.25) is 0 Å². The lowest BCUT2D eigenvalue weighted by Crippen LogP contribution is -2.30. The van der Waals surface area contributed by atoms with Crippen LogP contribution in [0.15, 0.2) is 36.5 Å². The second-order valence-corrected chi connectivity index (χ2v) is 18.2. The number of unbranched alkanes of at least 4 members (excludes halogenated alkanes) is 33. The van der Waals surface area contributed by atoms with E-state index < -0.39 is 6.10 Å². The van der Waals surface area contributed by atoms with Crippen molar-refractivity contribution in [3.05, 3.63) is 36.5 Å². The van der Waals surface area contributed by atoms with Crippen molar-refractivity contribution in [3.63, 3.8) is 0 Å². The summed E-state index contributed by atoms with van der Waals surface area (Å²) in [6.07, 6.45) is 60.0. The number of carbonyl (C=O) groups is 3. The van der Waals surface area contributed by atoms with Crippen LogP contribution in [0.4, 0.5) is 0 Å². The Morgan fingerprint density at radius 1 is 0.323 bits per heavy atom. The van der Waals surface area contributed by atoms with Crippen LogP contribution < -0.4 is 0 Å². The Morgan fingerprint density at radius 3 is 0.968 bits per heavy atom. The molecule has 0 saturated carbocycles. The van der Waals surface area contributed by atoms with Gasteiger partial charge in [-0.2, -0.15) is 0 Å². The molecule has 0 heterocycles. The lowest BCUT2D eigenvalue weighted by atomic mass is 10.0. The Morgan fingerprint density at radius 2 is 0.597 bits per heavy atom. The Bertz CT molecular complexity index is 1050. The van der Waals surface area contributed by atoms with Gasteiger partial charge in [0.1, 0.15) is 13.2 Å². The van der Waals surface area contributed by atoms with Gasteiger partial charge in [0.25, 0.3) is 0 Å². The van der Waals surface area contributed by atoms with Gasteiger partial charge in [-0.15, -0.1) is 0 Å². The first-order valence-corrected chi connectivity index (χ1v) is 27.0. The van der Waals surface area contributed by atoms with Crippen molar-refractivity contribution in [2.24, 2.45) is 0 Å². The summed E-state index contributed by atoms with van der Waals surface area (Å²) in [5.41, 5.74) is 0. The normalized spacial score (nSPS) is 12.2. The second-order valence-electron chi connectivity index (χ2n) is 18.2. The van der Waals surface area contributed by atoms with E-state index in [0.717, 1.165) is 83.5 Å². The minimum absolute atomic E-state index is 0.0836. The molecule has 6 nitrogen and oxygen atoms in total. The average Bonchev–Trinajstić information content (AvgIpc) is 3.27. The van der Waals surface area contributed by atoms with Crippen LogP contribution in [0, 0.1) is 0 Å². The van der Waals surface area contributed by atoms with E-state index in [0.29, 0.717) is 19.3 Å². The molecular formula is C56H102O6. The predicted molar refractivity (Wildman–Crippen MR) is 266 cm³/mol. The number of hydrogen-bond donors (Lipinski definition) is 0. The van der Waals surface area contributed by atoms with Crippen molar-refractivity contribution in [1.82, 2.24) is 0 Å². The molecule has 0 aromatic heterocycles. The summed E-state index contributed by atoms with van der Waals surface area (Å²) in [7, 11) is 0. The highest BCUT2D eigenvalue weighted by molar-refractivity contribution is 5.71. The van der Waals surface area contributed by atoms with Gasteiger partial charge in [0, 0.05) is 19.3 Å². The van der Waals surface area contributed by atoms with E-state index in [9.17, 15) is 14.4 Å². The zero-order valence-corrected chi connectivity index (χ0v) is 41.4. The van der Waals surface area contributed by atoms with E-state index in [-0.39, 0.29) is 31.1 Å². The van der Waals surface area contributed by atoms with Crippen LogP contribution in [0.1, 0.15) is 284 Å². The number of ether oxygens (including phenoxy) is 3. The predicted octanol–water partition coefficient (Wildman–Crippen LogP) is 17.7. The molecule has 0 radical (unpaired) electrons. The maximum atomic E-state index is 12.8. The van der Waals surface area contributed by atoms with Gasteiger partial charge in [-0.1, -0.05) is 237 Å². The zero-order valence-electron chi connectivity index (χ0n) is 41.4. The molecule has 362 valence electrons. The molecule has 0 aromatic carbocycles. The number of allylic oxidation sites excluding steroid dienone is 6. The summed E-state index contributed by atoms with van der Waals surface area (Å²) in [4.78, 5) is 37.9. The second kappa shape index (κ2) is 51.3. The fourth-order valence-corrected chi connectivity index (χ4v) is 7.77. The smallest absolute Gasteiger partial charge is 0.306 e. The van der Waals surface area contributed by atoms with E-state index in [1.165, 1.54) is 161 Å². The maximum absolute atomic E-state index is 12.8. The highest BCUT2D eigenvalue weighted by Gasteiger charge is 2.19. The molecule has 0 fully saturated rings. The van der Waals surface area contributed by atoms with E-state index in [4.69, 9.17) is 14.2 Å². The molecule has 0 spiro atoms. The van der Waals surface area contributed by atoms with E-state index in [1.54, 1.807) is 0 Å². The third-order valence-electron chi connectivity index (χ3n) is 11.9. The van der Waals surface area contributed by atoms with Crippen LogP contribution in [0.5, 0.6) is 0 Å². The first kappa shape index (κ1) is 59.6. The van der Waals surface area contributed by atoms with Gasteiger partial charge in [0.15, 0.2) is 6.10 Å². The SMILES string of the molecule is CCCC/C=C\C=C/CCCCCC(=O)OCC(COC(=O)CCCCCCCCCCCCCCCCCCCCC)OC(=O)CCCCC/C=C\CCCCCCCCC. The Balaban J connectivity index is 4.32. The van der Waals surface area contributed by atoms with Crippen LogP contribution in [0.3, 0.4) is 0 Å². The summed E-state index contributed by atoms with van der Waals surface area (Å²) >= 11 is 0. The zero-order chi connectivity index (χ0) is 45.1. The molecule has 0 amide bonds. The molecule has 0 aromatic rings. The van der Waals surface area contributed by atoms with Crippen LogP contribution >= 0.6 is 0 Å². The van der Waals surface area contributed by atoms with E-state index >= 15 is 0 Å². The molecule has 1 unspecified atom stereocenters. The van der Waals surface area contributed by atoms with Gasteiger partial charge in [0.2, 0.25) is 0 Å². The third kappa shape index (κ3) is 48.7. The van der Waals surface area contributed by atoms with Crippen LogP contribution in [-0.2, 0) is 28.6 Å². The molecular weight excluding hydrogens is 769 g/mol. The minimum atomic E-state index is -0.786. The molecule has 62 heavy (non-hydrogen) atoms. The largest absolute Gasteiger partial charge is 0.462 e.